The molecular formula is C22H26N6O2. The maximum absolute atomic E-state index is 11.2. The molecule has 0 amide bonds. The molecule has 1 aromatic heterocycles. The number of hydrogen-bond acceptors (Lipinski definition) is 7. The van der Waals surface area contributed by atoms with Crippen LogP contribution >= 0.6 is 0 Å². The molecule has 3 rings (SSSR count). The van der Waals surface area contributed by atoms with Crippen LogP contribution in [0.2, 0.25) is 0 Å². The molecule has 0 saturated carbocycles. The Morgan fingerprint density at radius 1 is 0.733 bits per heavy atom. The van der Waals surface area contributed by atoms with Gasteiger partial charge in [-0.25, -0.2) is 0 Å². The van der Waals surface area contributed by atoms with Crippen molar-refractivity contribution in [3.63, 3.8) is 0 Å². The standard InChI is InChI=1S/C22H26N6O2/c1-12-6-13(2)9-17(8-12)24-21-26-20(23-16(5)19(29)30)27-22(28-21)25-18-10-14(3)7-15(4)11-18/h6-11,16H,1-5H3,(H,29,30)(H3,23,24,25,26,27,28)/t16-/m1/s1. The highest BCUT2D eigenvalue weighted by Gasteiger charge is 2.15. The highest BCUT2D eigenvalue weighted by molar-refractivity contribution is 5.76. The molecule has 0 unspecified atom stereocenters. The second kappa shape index (κ2) is 8.77. The Morgan fingerprint density at radius 3 is 1.47 bits per heavy atom. The number of nitrogens with zero attached hydrogens (tertiary/aromatic N) is 3. The maximum Gasteiger partial charge on any atom is 0.325 e. The van der Waals surface area contributed by atoms with Crippen LogP contribution in [0.4, 0.5) is 29.2 Å². The van der Waals surface area contributed by atoms with E-state index in [0.717, 1.165) is 33.6 Å². The molecule has 0 spiro atoms. The largest absolute Gasteiger partial charge is 0.480 e. The van der Waals surface area contributed by atoms with Gasteiger partial charge in [-0.1, -0.05) is 12.1 Å². The summed E-state index contributed by atoms with van der Waals surface area (Å²) in [7, 11) is 0. The van der Waals surface area contributed by atoms with E-state index < -0.39 is 12.0 Å². The molecule has 0 aliphatic carbocycles. The maximum atomic E-state index is 11.2. The van der Waals surface area contributed by atoms with Crippen LogP contribution in [0.3, 0.4) is 0 Å². The zero-order valence-corrected chi connectivity index (χ0v) is 17.7. The first kappa shape index (κ1) is 21.0. The van der Waals surface area contributed by atoms with E-state index >= 15 is 0 Å². The van der Waals surface area contributed by atoms with Gasteiger partial charge in [0.2, 0.25) is 17.8 Å². The van der Waals surface area contributed by atoms with Gasteiger partial charge >= 0.3 is 5.97 Å². The summed E-state index contributed by atoms with van der Waals surface area (Å²) in [5, 5.41) is 18.4. The fourth-order valence-corrected chi connectivity index (χ4v) is 3.16. The SMILES string of the molecule is Cc1cc(C)cc(Nc2nc(Nc3cc(C)cc(C)c3)nc(N[C@H](C)C(=O)O)n2)c1. The molecule has 2 aromatic carbocycles. The number of hydrogen-bond donors (Lipinski definition) is 4. The molecule has 4 N–H and O–H groups in total. The van der Waals surface area contributed by atoms with Crippen molar-refractivity contribution in [2.24, 2.45) is 0 Å². The summed E-state index contributed by atoms with van der Waals surface area (Å²) in [5.74, 6) is -0.217. The van der Waals surface area contributed by atoms with Gasteiger partial charge in [-0.3, -0.25) is 4.79 Å². The van der Waals surface area contributed by atoms with Crippen molar-refractivity contribution in [2.75, 3.05) is 16.0 Å². The lowest BCUT2D eigenvalue weighted by atomic mass is 10.1. The second-order valence-corrected chi connectivity index (χ2v) is 7.51. The first-order valence-electron chi connectivity index (χ1n) is 9.64. The van der Waals surface area contributed by atoms with Crippen molar-refractivity contribution >= 4 is 35.2 Å². The van der Waals surface area contributed by atoms with Crippen LogP contribution in [0, 0.1) is 27.7 Å². The van der Waals surface area contributed by atoms with Crippen molar-refractivity contribution in [3.8, 4) is 0 Å². The summed E-state index contributed by atoms with van der Waals surface area (Å²) in [5.41, 5.74) is 6.12. The molecule has 0 aliphatic heterocycles. The molecular weight excluding hydrogens is 380 g/mol. The number of nitrogens with one attached hydrogen (secondary N) is 3. The lowest BCUT2D eigenvalue weighted by molar-refractivity contribution is -0.137. The first-order valence-corrected chi connectivity index (χ1v) is 9.64. The average molecular weight is 406 g/mol. The molecule has 30 heavy (non-hydrogen) atoms. The van der Waals surface area contributed by atoms with Gasteiger partial charge < -0.3 is 21.1 Å². The van der Waals surface area contributed by atoms with E-state index in [1.165, 1.54) is 6.92 Å². The predicted octanol–water partition coefficient (Wildman–Crippen LogP) is 4.48. The lowest BCUT2D eigenvalue weighted by Crippen LogP contribution is -2.26. The van der Waals surface area contributed by atoms with E-state index in [-0.39, 0.29) is 5.95 Å². The molecule has 156 valence electrons. The van der Waals surface area contributed by atoms with Gasteiger partial charge in [-0.15, -0.1) is 0 Å². The van der Waals surface area contributed by atoms with Crippen molar-refractivity contribution in [2.45, 2.75) is 40.7 Å². The second-order valence-electron chi connectivity index (χ2n) is 7.51. The van der Waals surface area contributed by atoms with Gasteiger partial charge in [0.1, 0.15) is 6.04 Å². The predicted molar refractivity (Wildman–Crippen MR) is 119 cm³/mol. The summed E-state index contributed by atoms with van der Waals surface area (Å²) in [6.07, 6.45) is 0. The van der Waals surface area contributed by atoms with Crippen molar-refractivity contribution in [1.82, 2.24) is 15.0 Å². The smallest absolute Gasteiger partial charge is 0.325 e. The van der Waals surface area contributed by atoms with Crippen molar-refractivity contribution in [1.29, 1.82) is 0 Å². The van der Waals surface area contributed by atoms with Gasteiger partial charge in [0, 0.05) is 11.4 Å². The summed E-state index contributed by atoms with van der Waals surface area (Å²) in [6.45, 7) is 9.58. The quantitative estimate of drug-likeness (QED) is 0.454. The highest BCUT2D eigenvalue weighted by Crippen LogP contribution is 2.22. The zero-order valence-electron chi connectivity index (χ0n) is 17.7. The van der Waals surface area contributed by atoms with E-state index in [2.05, 4.69) is 43.0 Å². The highest BCUT2D eigenvalue weighted by atomic mass is 16.4. The molecule has 0 saturated heterocycles. The van der Waals surface area contributed by atoms with E-state index in [0.29, 0.717) is 11.9 Å². The molecule has 0 radical (unpaired) electrons. The summed E-state index contributed by atoms with van der Waals surface area (Å²) < 4.78 is 0. The Labute approximate surface area is 175 Å². The minimum Gasteiger partial charge on any atom is -0.480 e. The van der Waals surface area contributed by atoms with Crippen LogP contribution in [0.1, 0.15) is 29.2 Å². The first-order chi connectivity index (χ1) is 14.2. The lowest BCUT2D eigenvalue weighted by Gasteiger charge is -2.14. The Bertz CT molecular complexity index is 971. The normalized spacial score (nSPS) is 11.6. The van der Waals surface area contributed by atoms with Gasteiger partial charge in [-0.2, -0.15) is 15.0 Å². The van der Waals surface area contributed by atoms with Gasteiger partial charge in [0.05, 0.1) is 0 Å². The zero-order chi connectivity index (χ0) is 21.8. The van der Waals surface area contributed by atoms with Gasteiger partial charge in [0.25, 0.3) is 0 Å². The number of anilines is 5. The summed E-state index contributed by atoms with van der Waals surface area (Å²) in [6, 6.07) is 11.2. The third-order valence-electron chi connectivity index (χ3n) is 4.31. The van der Waals surface area contributed by atoms with Crippen LogP contribution < -0.4 is 16.0 Å². The van der Waals surface area contributed by atoms with Crippen LogP contribution in [0.5, 0.6) is 0 Å². The molecule has 3 aromatic rings. The van der Waals surface area contributed by atoms with Crippen molar-refractivity contribution < 1.29 is 9.90 Å². The summed E-state index contributed by atoms with van der Waals surface area (Å²) >= 11 is 0. The number of carboxylic acid groups (broad SMARTS) is 1. The molecule has 0 bridgehead atoms. The Morgan fingerprint density at radius 2 is 1.10 bits per heavy atom. The Hall–Kier alpha value is -3.68. The van der Waals surface area contributed by atoms with Crippen LogP contribution in [0.15, 0.2) is 36.4 Å². The van der Waals surface area contributed by atoms with E-state index in [9.17, 15) is 9.90 Å². The van der Waals surface area contributed by atoms with Crippen LogP contribution in [-0.4, -0.2) is 32.1 Å². The van der Waals surface area contributed by atoms with E-state index in [1.54, 1.807) is 0 Å². The topological polar surface area (TPSA) is 112 Å². The fraction of sp³-hybridized carbons (Fsp3) is 0.273. The minimum atomic E-state index is -0.997. The minimum absolute atomic E-state index is 0.165. The van der Waals surface area contributed by atoms with Crippen LogP contribution in [-0.2, 0) is 4.79 Å². The molecule has 1 heterocycles. The monoisotopic (exact) mass is 406 g/mol. The molecule has 8 heteroatoms. The number of rotatable bonds is 7. The number of aromatic nitrogens is 3. The molecule has 1 atom stereocenters. The molecule has 0 fully saturated rings. The number of carboxylic acids is 1. The molecule has 0 aliphatic rings. The van der Waals surface area contributed by atoms with E-state index in [4.69, 9.17) is 0 Å². The molecule has 8 nitrogen and oxygen atoms in total. The third-order valence-corrected chi connectivity index (χ3v) is 4.31. The number of benzene rings is 2. The fourth-order valence-electron chi connectivity index (χ4n) is 3.16. The van der Waals surface area contributed by atoms with Gasteiger partial charge in [0.15, 0.2) is 0 Å². The van der Waals surface area contributed by atoms with Gasteiger partial charge in [-0.05, 0) is 81.1 Å². The van der Waals surface area contributed by atoms with Crippen molar-refractivity contribution in [3.05, 3.63) is 58.7 Å². The summed E-state index contributed by atoms with van der Waals surface area (Å²) in [4.78, 5) is 24.4. The van der Waals surface area contributed by atoms with Crippen LogP contribution in [0.25, 0.3) is 0 Å². The Kier molecular flexibility index (Phi) is 6.15. The third kappa shape index (κ3) is 5.66. The number of carbonyl (C=O) groups is 1. The average Bonchev–Trinajstić information content (AvgIpc) is 2.59. The number of aliphatic carboxylic acids is 1. The van der Waals surface area contributed by atoms with E-state index in [1.807, 2.05) is 52.0 Å². The Balaban J connectivity index is 1.95. The number of aryl methyl sites for hydroxylation is 4.